The minimum absolute atomic E-state index is 0.236. The van der Waals surface area contributed by atoms with Crippen LogP contribution in [0.3, 0.4) is 0 Å². The largest absolute Gasteiger partial charge is 0.490 e. The van der Waals surface area contributed by atoms with Crippen molar-refractivity contribution in [2.24, 2.45) is 0 Å². The van der Waals surface area contributed by atoms with Gasteiger partial charge in [0, 0.05) is 20.2 Å². The highest BCUT2D eigenvalue weighted by molar-refractivity contribution is 9.10. The summed E-state index contributed by atoms with van der Waals surface area (Å²) in [5.41, 5.74) is 0.925. The van der Waals surface area contributed by atoms with Crippen molar-refractivity contribution in [1.29, 1.82) is 0 Å². The van der Waals surface area contributed by atoms with Gasteiger partial charge in [-0.15, -0.1) is 0 Å². The van der Waals surface area contributed by atoms with Crippen molar-refractivity contribution in [2.75, 3.05) is 26.8 Å². The first kappa shape index (κ1) is 17.4. The number of hydrogen-bond donors (Lipinski definition) is 2. The summed E-state index contributed by atoms with van der Waals surface area (Å²) in [6, 6.07) is 5.86. The van der Waals surface area contributed by atoms with Crippen LogP contribution in [0.5, 0.6) is 5.75 Å². The Morgan fingerprint density at radius 3 is 2.70 bits per heavy atom. The summed E-state index contributed by atoms with van der Waals surface area (Å²) in [6.07, 6.45) is -0.559. The van der Waals surface area contributed by atoms with Gasteiger partial charge in [0.25, 0.3) is 0 Å². The van der Waals surface area contributed by atoms with E-state index < -0.39 is 6.10 Å². The lowest BCUT2D eigenvalue weighted by Gasteiger charge is -2.24. The summed E-state index contributed by atoms with van der Waals surface area (Å²) in [5, 5.41) is 13.1. The van der Waals surface area contributed by atoms with E-state index in [0.29, 0.717) is 13.1 Å². The van der Waals surface area contributed by atoms with Crippen LogP contribution in [0.1, 0.15) is 19.4 Å². The highest BCUT2D eigenvalue weighted by Crippen LogP contribution is 2.25. The Balaban J connectivity index is 2.31. The molecule has 114 valence electrons. The number of aliphatic hydroxyl groups is 1. The van der Waals surface area contributed by atoms with Crippen LogP contribution in [-0.2, 0) is 4.74 Å². The number of benzene rings is 1. The number of methoxy groups -OCH3 is 1. The average molecular weight is 346 g/mol. The molecular weight excluding hydrogens is 322 g/mol. The molecule has 5 heteroatoms. The fourth-order valence-corrected chi connectivity index (χ4v) is 2.19. The molecular formula is C15H24BrNO3. The van der Waals surface area contributed by atoms with Gasteiger partial charge in [-0.25, -0.2) is 0 Å². The predicted molar refractivity (Wildman–Crippen MR) is 84.3 cm³/mol. The quantitative estimate of drug-likeness (QED) is 0.760. The Morgan fingerprint density at radius 2 is 2.10 bits per heavy atom. The van der Waals surface area contributed by atoms with Gasteiger partial charge >= 0.3 is 0 Å². The summed E-state index contributed by atoms with van der Waals surface area (Å²) in [6.45, 7) is 7.40. The molecule has 0 fully saturated rings. The summed E-state index contributed by atoms with van der Waals surface area (Å²) >= 11 is 3.45. The molecule has 0 saturated heterocycles. The first-order valence-corrected chi connectivity index (χ1v) is 7.46. The third kappa shape index (κ3) is 6.22. The lowest BCUT2D eigenvalue weighted by molar-refractivity contribution is 0.0191. The second-order valence-electron chi connectivity index (χ2n) is 5.49. The van der Waals surface area contributed by atoms with Crippen molar-refractivity contribution >= 4 is 15.9 Å². The Bertz CT molecular complexity index is 424. The molecule has 1 unspecified atom stereocenters. The summed E-state index contributed by atoms with van der Waals surface area (Å²) in [5.74, 6) is 0.742. The molecule has 0 bridgehead atoms. The Hall–Kier alpha value is -0.620. The van der Waals surface area contributed by atoms with E-state index in [4.69, 9.17) is 9.47 Å². The van der Waals surface area contributed by atoms with E-state index in [9.17, 15) is 5.11 Å². The zero-order valence-corrected chi connectivity index (χ0v) is 14.2. The maximum Gasteiger partial charge on any atom is 0.133 e. The highest BCUT2D eigenvalue weighted by Gasteiger charge is 2.16. The van der Waals surface area contributed by atoms with Crippen LogP contribution in [0.25, 0.3) is 0 Å². The summed E-state index contributed by atoms with van der Waals surface area (Å²) in [7, 11) is 1.68. The summed E-state index contributed by atoms with van der Waals surface area (Å²) in [4.78, 5) is 0. The molecule has 0 aliphatic heterocycles. The Morgan fingerprint density at radius 1 is 1.40 bits per heavy atom. The predicted octanol–water partition coefficient (Wildman–Crippen LogP) is 2.51. The lowest BCUT2D eigenvalue weighted by Crippen LogP contribution is -2.41. The van der Waals surface area contributed by atoms with Gasteiger partial charge in [0.1, 0.15) is 18.5 Å². The van der Waals surface area contributed by atoms with E-state index >= 15 is 0 Å². The second kappa shape index (κ2) is 7.98. The summed E-state index contributed by atoms with van der Waals surface area (Å²) < 4.78 is 11.8. The van der Waals surface area contributed by atoms with Crippen molar-refractivity contribution in [3.8, 4) is 5.75 Å². The zero-order valence-electron chi connectivity index (χ0n) is 12.6. The Labute approximate surface area is 129 Å². The fourth-order valence-electron chi connectivity index (χ4n) is 1.58. The molecule has 0 aliphatic carbocycles. The second-order valence-corrected chi connectivity index (χ2v) is 6.35. The van der Waals surface area contributed by atoms with Crippen molar-refractivity contribution in [2.45, 2.75) is 32.5 Å². The first-order chi connectivity index (χ1) is 9.34. The van der Waals surface area contributed by atoms with Gasteiger partial charge in [-0.05, 0) is 54.4 Å². The van der Waals surface area contributed by atoms with Crippen LogP contribution in [0, 0.1) is 6.92 Å². The van der Waals surface area contributed by atoms with E-state index in [-0.39, 0.29) is 12.2 Å². The maximum atomic E-state index is 9.88. The number of halogens is 1. The molecule has 1 aromatic rings. The van der Waals surface area contributed by atoms with E-state index in [2.05, 4.69) is 21.2 Å². The highest BCUT2D eigenvalue weighted by atomic mass is 79.9. The van der Waals surface area contributed by atoms with Crippen molar-refractivity contribution in [1.82, 2.24) is 5.32 Å². The molecule has 4 nitrogen and oxygen atoms in total. The number of aliphatic hydroxyl groups excluding tert-OH is 1. The van der Waals surface area contributed by atoms with Crippen molar-refractivity contribution in [3.63, 3.8) is 0 Å². The van der Waals surface area contributed by atoms with E-state index in [1.54, 1.807) is 7.11 Å². The topological polar surface area (TPSA) is 50.7 Å². The molecule has 20 heavy (non-hydrogen) atoms. The third-order valence-electron chi connectivity index (χ3n) is 3.00. The molecule has 0 saturated carbocycles. The van der Waals surface area contributed by atoms with Crippen LogP contribution in [-0.4, -0.2) is 43.6 Å². The molecule has 0 aromatic heterocycles. The number of ether oxygens (including phenoxy) is 2. The molecule has 1 atom stereocenters. The molecule has 0 aliphatic rings. The van der Waals surface area contributed by atoms with Gasteiger partial charge in [0.05, 0.1) is 10.1 Å². The van der Waals surface area contributed by atoms with Crippen molar-refractivity contribution in [3.05, 3.63) is 28.2 Å². The Kier molecular flexibility index (Phi) is 6.95. The van der Waals surface area contributed by atoms with Crippen LogP contribution < -0.4 is 10.1 Å². The molecule has 0 radical (unpaired) electrons. The minimum Gasteiger partial charge on any atom is -0.490 e. The van der Waals surface area contributed by atoms with Crippen LogP contribution in [0.15, 0.2) is 22.7 Å². The number of hydrogen-bond acceptors (Lipinski definition) is 4. The molecule has 1 rings (SSSR count). The monoisotopic (exact) mass is 345 g/mol. The van der Waals surface area contributed by atoms with Gasteiger partial charge in [-0.2, -0.15) is 0 Å². The van der Waals surface area contributed by atoms with E-state index in [1.165, 1.54) is 0 Å². The van der Waals surface area contributed by atoms with Crippen LogP contribution in [0.2, 0.25) is 0 Å². The SMILES string of the molecule is COC(C)(C)CNCC(O)COc1ccc(C)cc1Br. The number of aryl methyl sites for hydroxylation is 1. The molecule has 0 spiro atoms. The number of nitrogens with one attached hydrogen (secondary N) is 1. The third-order valence-corrected chi connectivity index (χ3v) is 3.62. The molecule has 0 heterocycles. The van der Waals surface area contributed by atoms with Crippen molar-refractivity contribution < 1.29 is 14.6 Å². The lowest BCUT2D eigenvalue weighted by atomic mass is 10.1. The smallest absolute Gasteiger partial charge is 0.133 e. The fraction of sp³-hybridized carbons (Fsp3) is 0.600. The van der Waals surface area contributed by atoms with E-state index in [0.717, 1.165) is 15.8 Å². The minimum atomic E-state index is -0.559. The van der Waals surface area contributed by atoms with Crippen LogP contribution >= 0.6 is 15.9 Å². The molecule has 2 N–H and O–H groups in total. The maximum absolute atomic E-state index is 9.88. The van der Waals surface area contributed by atoms with Gasteiger partial charge in [-0.3, -0.25) is 0 Å². The van der Waals surface area contributed by atoms with E-state index in [1.807, 2.05) is 39.0 Å². The van der Waals surface area contributed by atoms with Gasteiger partial charge in [-0.1, -0.05) is 6.07 Å². The standard InChI is InChI=1S/C15H24BrNO3/c1-11-5-6-14(13(16)7-11)20-9-12(18)8-17-10-15(2,3)19-4/h5-7,12,17-18H,8-10H2,1-4H3. The van der Waals surface area contributed by atoms with Gasteiger partial charge in [0.15, 0.2) is 0 Å². The zero-order chi connectivity index (χ0) is 15.2. The first-order valence-electron chi connectivity index (χ1n) is 6.67. The molecule has 0 amide bonds. The van der Waals surface area contributed by atoms with Gasteiger partial charge in [0.2, 0.25) is 0 Å². The molecule has 1 aromatic carbocycles. The van der Waals surface area contributed by atoms with Crippen LogP contribution in [0.4, 0.5) is 0 Å². The number of rotatable bonds is 8. The average Bonchev–Trinajstić information content (AvgIpc) is 2.37. The van der Waals surface area contributed by atoms with Gasteiger partial charge < -0.3 is 19.9 Å². The normalized spacial score (nSPS) is 13.3.